The Bertz CT molecular complexity index is 202. The maximum absolute atomic E-state index is 4.50. The molecule has 1 saturated carbocycles. The maximum Gasteiger partial charge on any atom is -0.0195 e. The van der Waals surface area contributed by atoms with Crippen molar-refractivity contribution in [3.05, 3.63) is 12.7 Å². The minimum atomic E-state index is 0.991. The summed E-state index contributed by atoms with van der Waals surface area (Å²) in [6, 6.07) is 0. The third-order valence-corrected chi connectivity index (χ3v) is 4.53. The van der Waals surface area contributed by atoms with Gasteiger partial charge in [-0.25, -0.2) is 0 Å². The first-order valence-electron chi connectivity index (χ1n) is 11.7. The van der Waals surface area contributed by atoms with Crippen molar-refractivity contribution in [3.8, 4) is 0 Å². The molecule has 0 bridgehead atoms. The summed E-state index contributed by atoms with van der Waals surface area (Å²) in [5.41, 5.74) is 4.50. The summed E-state index contributed by atoms with van der Waals surface area (Å²) in [6.07, 6.45) is 17.2. The number of nitrogens with two attached hydrogens (primary N) is 1. The molecule has 0 aliphatic heterocycles. The van der Waals surface area contributed by atoms with Gasteiger partial charge in [0, 0.05) is 0 Å². The first kappa shape index (κ1) is 33.3. The van der Waals surface area contributed by atoms with E-state index in [1.807, 2.05) is 19.9 Å². The molecule has 26 heavy (non-hydrogen) atoms. The SMILES string of the molecule is C=CCCCCCCCCC.CC.CC1CC(C)C(C)C1.CCC.CN. The molecule has 162 valence electrons. The molecule has 0 spiro atoms. The first-order chi connectivity index (χ1) is 12.5. The predicted octanol–water partition coefficient (Wildman–Crippen LogP) is 9.02. The molecule has 0 saturated heterocycles. The largest absolute Gasteiger partial charge is 0.333 e. The summed E-state index contributed by atoms with van der Waals surface area (Å²) in [5, 5.41) is 0. The third kappa shape index (κ3) is 31.5. The zero-order chi connectivity index (χ0) is 21.2. The minimum Gasteiger partial charge on any atom is -0.333 e. The molecular weight excluding hydrogens is 314 g/mol. The Balaban J connectivity index is -0.000000141. The Hall–Kier alpha value is -0.300. The highest BCUT2D eigenvalue weighted by Crippen LogP contribution is 2.34. The van der Waals surface area contributed by atoms with Crippen molar-refractivity contribution < 1.29 is 0 Å². The molecule has 2 atom stereocenters. The van der Waals surface area contributed by atoms with Crippen molar-refractivity contribution in [3.63, 3.8) is 0 Å². The fraction of sp³-hybridized carbons (Fsp3) is 0.920. The van der Waals surface area contributed by atoms with E-state index in [4.69, 9.17) is 0 Å². The van der Waals surface area contributed by atoms with E-state index in [2.05, 4.69) is 53.9 Å². The number of allylic oxidation sites excluding steroid dienone is 1. The summed E-state index contributed by atoms with van der Waals surface area (Å²) in [6.45, 7) is 21.3. The predicted molar refractivity (Wildman–Crippen MR) is 127 cm³/mol. The molecule has 1 heteroatoms. The Labute approximate surface area is 169 Å². The Morgan fingerprint density at radius 3 is 1.38 bits per heavy atom. The van der Waals surface area contributed by atoms with E-state index in [1.54, 1.807) is 0 Å². The van der Waals surface area contributed by atoms with Crippen LogP contribution in [-0.4, -0.2) is 7.05 Å². The highest BCUT2D eigenvalue weighted by molar-refractivity contribution is 4.74. The van der Waals surface area contributed by atoms with Crippen LogP contribution in [0.4, 0.5) is 0 Å². The van der Waals surface area contributed by atoms with Crippen LogP contribution in [0.25, 0.3) is 0 Å². The second-order valence-corrected chi connectivity index (χ2v) is 7.44. The van der Waals surface area contributed by atoms with Crippen LogP contribution in [0.15, 0.2) is 12.7 Å². The average Bonchev–Trinajstić information content (AvgIpc) is 2.94. The van der Waals surface area contributed by atoms with Gasteiger partial charge in [-0.1, -0.05) is 106 Å². The molecule has 0 heterocycles. The van der Waals surface area contributed by atoms with E-state index in [-0.39, 0.29) is 0 Å². The van der Waals surface area contributed by atoms with Crippen LogP contribution in [0.3, 0.4) is 0 Å². The van der Waals surface area contributed by atoms with Crippen molar-refractivity contribution in [2.24, 2.45) is 23.5 Å². The second-order valence-electron chi connectivity index (χ2n) is 7.44. The standard InChI is InChI=1S/C11H22.C8H16.C3H8.C2H6.CH5N/c1-3-5-7-9-11-10-8-6-4-2;1-6-4-7(2)8(3)5-6;1-3-2;2*1-2/h3H,1,4-11H2,2H3;6-8H,4-5H2,1-3H3;3H2,1-2H3;1-2H3;2H2,1H3. The summed E-state index contributed by atoms with van der Waals surface area (Å²) < 4.78 is 0. The van der Waals surface area contributed by atoms with Gasteiger partial charge in [-0.05, 0) is 50.5 Å². The molecule has 2 unspecified atom stereocenters. The molecular formula is C25H57N. The summed E-state index contributed by atoms with van der Waals surface area (Å²) in [4.78, 5) is 0. The van der Waals surface area contributed by atoms with Crippen molar-refractivity contribution in [2.45, 2.75) is 126 Å². The van der Waals surface area contributed by atoms with Gasteiger partial charge >= 0.3 is 0 Å². The van der Waals surface area contributed by atoms with E-state index >= 15 is 0 Å². The Morgan fingerprint density at radius 2 is 1.12 bits per heavy atom. The fourth-order valence-electron chi connectivity index (χ4n) is 3.08. The Morgan fingerprint density at radius 1 is 0.769 bits per heavy atom. The van der Waals surface area contributed by atoms with Gasteiger partial charge in [0.15, 0.2) is 0 Å². The molecule has 1 aliphatic carbocycles. The lowest BCUT2D eigenvalue weighted by Crippen LogP contribution is -1.95. The van der Waals surface area contributed by atoms with Gasteiger partial charge in [0.1, 0.15) is 0 Å². The van der Waals surface area contributed by atoms with Crippen LogP contribution in [0.5, 0.6) is 0 Å². The molecule has 1 fully saturated rings. The molecule has 0 aromatic heterocycles. The van der Waals surface area contributed by atoms with Crippen LogP contribution < -0.4 is 5.73 Å². The topological polar surface area (TPSA) is 26.0 Å². The summed E-state index contributed by atoms with van der Waals surface area (Å²) in [7, 11) is 1.50. The number of rotatable bonds is 8. The third-order valence-electron chi connectivity index (χ3n) is 4.53. The van der Waals surface area contributed by atoms with Crippen LogP contribution in [0, 0.1) is 17.8 Å². The molecule has 1 rings (SSSR count). The first-order valence-corrected chi connectivity index (χ1v) is 11.7. The molecule has 0 aromatic carbocycles. The van der Waals surface area contributed by atoms with Gasteiger partial charge in [-0.3, -0.25) is 0 Å². The van der Waals surface area contributed by atoms with Gasteiger partial charge in [0.25, 0.3) is 0 Å². The van der Waals surface area contributed by atoms with E-state index in [9.17, 15) is 0 Å². The summed E-state index contributed by atoms with van der Waals surface area (Å²) in [5.74, 6) is 2.98. The van der Waals surface area contributed by atoms with E-state index < -0.39 is 0 Å². The highest BCUT2D eigenvalue weighted by atomic mass is 14.4. The van der Waals surface area contributed by atoms with Crippen LogP contribution >= 0.6 is 0 Å². The summed E-state index contributed by atoms with van der Waals surface area (Å²) >= 11 is 0. The highest BCUT2D eigenvalue weighted by Gasteiger charge is 2.24. The maximum atomic E-state index is 4.50. The number of hydrogen-bond acceptors (Lipinski definition) is 1. The smallest absolute Gasteiger partial charge is 0.0195 e. The zero-order valence-corrected chi connectivity index (χ0v) is 20.4. The molecule has 2 N–H and O–H groups in total. The van der Waals surface area contributed by atoms with Crippen molar-refractivity contribution in [2.75, 3.05) is 7.05 Å². The van der Waals surface area contributed by atoms with Gasteiger partial charge in [0.05, 0.1) is 0 Å². The van der Waals surface area contributed by atoms with Gasteiger partial charge in [-0.15, -0.1) is 6.58 Å². The van der Waals surface area contributed by atoms with Crippen molar-refractivity contribution in [1.29, 1.82) is 0 Å². The fourth-order valence-corrected chi connectivity index (χ4v) is 3.08. The lowest BCUT2D eigenvalue weighted by molar-refractivity contribution is 0.457. The Kier molecular flexibility index (Phi) is 41.5. The van der Waals surface area contributed by atoms with Crippen molar-refractivity contribution >= 4 is 0 Å². The van der Waals surface area contributed by atoms with Gasteiger partial charge in [0.2, 0.25) is 0 Å². The quantitative estimate of drug-likeness (QED) is 0.334. The molecule has 1 nitrogen and oxygen atoms in total. The zero-order valence-electron chi connectivity index (χ0n) is 20.4. The van der Waals surface area contributed by atoms with Crippen LogP contribution in [0.2, 0.25) is 0 Å². The van der Waals surface area contributed by atoms with E-state index in [0.29, 0.717) is 0 Å². The monoisotopic (exact) mass is 371 g/mol. The van der Waals surface area contributed by atoms with Crippen LogP contribution in [0.1, 0.15) is 126 Å². The average molecular weight is 372 g/mol. The molecule has 0 aromatic rings. The lowest BCUT2D eigenvalue weighted by atomic mass is 10.0. The van der Waals surface area contributed by atoms with Gasteiger partial charge in [-0.2, -0.15) is 0 Å². The van der Waals surface area contributed by atoms with Crippen LogP contribution in [-0.2, 0) is 0 Å². The van der Waals surface area contributed by atoms with Crippen molar-refractivity contribution in [1.82, 2.24) is 0 Å². The van der Waals surface area contributed by atoms with Gasteiger partial charge < -0.3 is 5.73 Å². The van der Waals surface area contributed by atoms with E-state index in [0.717, 1.165) is 17.8 Å². The minimum absolute atomic E-state index is 0.991. The number of hydrogen-bond donors (Lipinski definition) is 1. The normalized spacial score (nSPS) is 20.0. The molecule has 0 radical (unpaired) electrons. The molecule has 0 amide bonds. The molecule has 1 aliphatic rings. The van der Waals surface area contributed by atoms with E-state index in [1.165, 1.54) is 77.7 Å². The number of unbranched alkanes of at least 4 members (excludes halogenated alkanes) is 7. The lowest BCUT2D eigenvalue weighted by Gasteiger charge is -2.04. The second kappa shape index (κ2) is 32.4.